The molecule has 0 spiro atoms. The molecule has 0 fully saturated rings. The van der Waals surface area contributed by atoms with Gasteiger partial charge in [0.2, 0.25) is 6.43 Å². The van der Waals surface area contributed by atoms with Crippen LogP contribution in [0, 0.1) is 4.91 Å². The van der Waals surface area contributed by atoms with Crippen molar-refractivity contribution in [3.8, 4) is 17.2 Å². The van der Waals surface area contributed by atoms with Gasteiger partial charge in [-0.15, -0.1) is 4.91 Å². The molecule has 1 aromatic carbocycles. The molecule has 1 aliphatic heterocycles. The number of amides is 1. The Balaban J connectivity index is 2.23. The molecule has 0 aromatic heterocycles. The summed E-state index contributed by atoms with van der Waals surface area (Å²) in [4.78, 5) is 22.2. The predicted molar refractivity (Wildman–Crippen MR) is 71.4 cm³/mol. The maximum absolute atomic E-state index is 12.1. The van der Waals surface area contributed by atoms with E-state index in [0.29, 0.717) is 0 Å². The third kappa shape index (κ3) is 3.70. The fourth-order valence-corrected chi connectivity index (χ4v) is 1.90. The average molecular weight is 315 g/mol. The van der Waals surface area contributed by atoms with Crippen LogP contribution >= 0.6 is 0 Å². The lowest BCUT2D eigenvalue weighted by Gasteiger charge is -2.23. The van der Waals surface area contributed by atoms with Crippen LogP contribution in [0.3, 0.4) is 0 Å². The molecule has 0 atom stereocenters. The highest BCUT2D eigenvalue weighted by molar-refractivity contribution is 6.44. The molecular formula is C12H12BF2NO6. The summed E-state index contributed by atoms with van der Waals surface area (Å²) in [5.41, 5.74) is -0.303. The maximum atomic E-state index is 12.1. The maximum Gasteiger partial charge on any atom is 0.563 e. The van der Waals surface area contributed by atoms with Gasteiger partial charge in [-0.2, -0.15) is 0 Å². The predicted octanol–water partition coefficient (Wildman–Crippen LogP) is 1.81. The molecule has 2 rings (SSSR count). The average Bonchev–Trinajstić information content (AvgIpc) is 2.50. The van der Waals surface area contributed by atoms with E-state index in [-0.39, 0.29) is 48.8 Å². The minimum absolute atomic E-state index is 0.0460. The third-order valence-electron chi connectivity index (χ3n) is 2.84. The van der Waals surface area contributed by atoms with Crippen LogP contribution in [-0.2, 0) is 0 Å². The van der Waals surface area contributed by atoms with E-state index in [4.69, 9.17) is 14.1 Å². The van der Waals surface area contributed by atoms with Crippen molar-refractivity contribution < 1.29 is 32.7 Å². The van der Waals surface area contributed by atoms with Crippen LogP contribution in [-0.4, -0.2) is 37.6 Å². The molecule has 0 saturated carbocycles. The number of carbonyl (C=O) groups is 1. The van der Waals surface area contributed by atoms with Crippen LogP contribution in [0.4, 0.5) is 8.78 Å². The highest BCUT2D eigenvalue weighted by Gasteiger charge is 2.32. The Labute approximate surface area is 124 Å². The summed E-state index contributed by atoms with van der Waals surface area (Å²) in [6.07, 6.45) is -2.73. The molecular weight excluding hydrogens is 303 g/mol. The minimum atomic E-state index is -2.45. The highest BCUT2D eigenvalue weighted by Crippen LogP contribution is 2.40. The number of benzene rings is 1. The van der Waals surface area contributed by atoms with E-state index in [1.807, 2.05) is 0 Å². The first-order valence-corrected chi connectivity index (χ1v) is 6.46. The summed E-state index contributed by atoms with van der Waals surface area (Å²) in [6.45, 7) is -0.213. The van der Waals surface area contributed by atoms with Gasteiger partial charge >= 0.3 is 13.0 Å². The Bertz CT molecular complexity index is 571. The van der Waals surface area contributed by atoms with Gasteiger partial charge in [0, 0.05) is 11.6 Å². The van der Waals surface area contributed by atoms with Crippen molar-refractivity contribution in [1.29, 1.82) is 0 Å². The second kappa shape index (κ2) is 7.16. The number of nitroso groups, excluding NO2 is 1. The summed E-state index contributed by atoms with van der Waals surface area (Å²) in [6, 6.07) is 2.77. The van der Waals surface area contributed by atoms with Crippen LogP contribution in [0.15, 0.2) is 17.3 Å². The van der Waals surface area contributed by atoms with Gasteiger partial charge in [-0.25, -0.2) is 8.78 Å². The van der Waals surface area contributed by atoms with Crippen molar-refractivity contribution in [3.63, 3.8) is 0 Å². The van der Waals surface area contributed by atoms with E-state index >= 15 is 0 Å². The van der Waals surface area contributed by atoms with Crippen molar-refractivity contribution in [2.45, 2.75) is 19.3 Å². The van der Waals surface area contributed by atoms with E-state index in [1.165, 1.54) is 12.1 Å². The molecule has 10 heteroatoms. The fourth-order valence-electron chi connectivity index (χ4n) is 1.90. The Morgan fingerprint density at radius 1 is 1.50 bits per heavy atom. The molecule has 1 amide bonds. The van der Waals surface area contributed by atoms with Gasteiger partial charge in [-0.1, -0.05) is 0 Å². The van der Waals surface area contributed by atoms with Crippen LogP contribution < -0.4 is 14.1 Å². The van der Waals surface area contributed by atoms with E-state index < -0.39 is 19.5 Å². The monoisotopic (exact) mass is 315 g/mol. The number of rotatable bonds is 6. The lowest BCUT2D eigenvalue weighted by molar-refractivity contribution is 0.0990. The number of halogens is 2. The lowest BCUT2D eigenvalue weighted by atomic mass is 9.91. The smallest absolute Gasteiger partial charge is 0.531 e. The number of carbonyl (C=O) groups excluding carboxylic acids is 1. The molecule has 1 N–H and O–H groups in total. The van der Waals surface area contributed by atoms with Crippen LogP contribution in [0.25, 0.3) is 0 Å². The first-order valence-electron chi connectivity index (χ1n) is 6.46. The van der Waals surface area contributed by atoms with Crippen LogP contribution in [0.5, 0.6) is 17.2 Å². The summed E-state index contributed by atoms with van der Waals surface area (Å²) in [7, 11) is -1.31. The van der Waals surface area contributed by atoms with Crippen LogP contribution in [0.1, 0.15) is 23.2 Å². The first kappa shape index (κ1) is 16.2. The van der Waals surface area contributed by atoms with E-state index in [1.54, 1.807) is 0 Å². The van der Waals surface area contributed by atoms with E-state index in [0.717, 1.165) is 0 Å². The number of fused-ring (bicyclic) bond motifs is 1. The Morgan fingerprint density at radius 3 is 2.95 bits per heavy atom. The zero-order chi connectivity index (χ0) is 16.1. The van der Waals surface area contributed by atoms with Crippen molar-refractivity contribution in [2.75, 3.05) is 13.1 Å². The van der Waals surface area contributed by atoms with Crippen LogP contribution in [0.2, 0.25) is 0 Å². The molecule has 1 aliphatic rings. The molecule has 0 radical (unpaired) electrons. The third-order valence-corrected chi connectivity index (χ3v) is 2.84. The largest absolute Gasteiger partial charge is 0.563 e. The van der Waals surface area contributed by atoms with Crippen molar-refractivity contribution in [1.82, 2.24) is 0 Å². The zero-order valence-corrected chi connectivity index (χ0v) is 11.3. The number of hydrogen-bond donors (Lipinski definition) is 1. The highest BCUT2D eigenvalue weighted by atomic mass is 19.3. The molecule has 1 aromatic rings. The first-order chi connectivity index (χ1) is 10.5. The lowest BCUT2D eigenvalue weighted by Crippen LogP contribution is -2.34. The Morgan fingerprint density at radius 2 is 2.27 bits per heavy atom. The van der Waals surface area contributed by atoms with Crippen molar-refractivity contribution in [2.24, 2.45) is 5.18 Å². The number of ether oxygens (including phenoxy) is 2. The summed E-state index contributed by atoms with van der Waals surface area (Å²) < 4.78 is 39.6. The molecule has 0 unspecified atom stereocenters. The van der Waals surface area contributed by atoms with Gasteiger partial charge in [0.05, 0.1) is 6.61 Å². The molecule has 0 aliphatic carbocycles. The quantitative estimate of drug-likeness (QED) is 0.489. The van der Waals surface area contributed by atoms with E-state index in [9.17, 15) is 23.5 Å². The Hall–Kier alpha value is -2.23. The molecule has 0 saturated heterocycles. The normalized spacial score (nSPS) is 13.2. The second-order valence-electron chi connectivity index (χ2n) is 4.43. The van der Waals surface area contributed by atoms with E-state index in [2.05, 4.69) is 5.18 Å². The van der Waals surface area contributed by atoms with Gasteiger partial charge < -0.3 is 19.2 Å². The van der Waals surface area contributed by atoms with Gasteiger partial charge in [0.1, 0.15) is 17.8 Å². The summed E-state index contributed by atoms with van der Waals surface area (Å²) in [5.74, 6) is -1.22. The number of nitrogens with zero attached hydrogens (tertiary/aromatic N) is 1. The number of hydrogen-bond acceptors (Lipinski definition) is 6. The SMILES string of the molecule is O=NC(=O)c1c(OCCCC(F)F)ccc2c1OB(O)CO2. The second-order valence-corrected chi connectivity index (χ2v) is 4.43. The zero-order valence-electron chi connectivity index (χ0n) is 11.3. The topological polar surface area (TPSA) is 94.4 Å². The van der Waals surface area contributed by atoms with Gasteiger partial charge in [0.25, 0.3) is 0 Å². The molecule has 1 heterocycles. The van der Waals surface area contributed by atoms with Crippen molar-refractivity contribution in [3.05, 3.63) is 22.6 Å². The standard InChI is InChI=1S/C12H12BF2NO6/c14-9(15)2-1-5-20-7-3-4-8-11(10(7)12(17)16-19)22-13(18)6-21-8/h3-4,9,18H,1-2,5-6H2. The van der Waals surface area contributed by atoms with Crippen molar-refractivity contribution >= 4 is 13.0 Å². The van der Waals surface area contributed by atoms with Gasteiger partial charge in [0.15, 0.2) is 11.5 Å². The number of alkyl halides is 2. The molecule has 0 bridgehead atoms. The summed E-state index contributed by atoms with van der Waals surface area (Å²) >= 11 is 0. The molecule has 7 nitrogen and oxygen atoms in total. The fraction of sp³-hybridized carbons (Fsp3) is 0.417. The van der Waals surface area contributed by atoms with Gasteiger partial charge in [-0.3, -0.25) is 4.79 Å². The van der Waals surface area contributed by atoms with Gasteiger partial charge in [-0.05, 0) is 18.6 Å². The molecule has 22 heavy (non-hydrogen) atoms. The Kier molecular flexibility index (Phi) is 5.26. The molecule has 118 valence electrons. The summed E-state index contributed by atoms with van der Waals surface area (Å²) in [5, 5.41) is 11.7. The minimum Gasteiger partial charge on any atom is -0.531 e.